The number of rotatable bonds is 24. The fourth-order valence-corrected chi connectivity index (χ4v) is 21.5. The number of ether oxygens (including phenoxy) is 7. The van der Waals surface area contributed by atoms with Crippen LogP contribution in [0.4, 0.5) is 17.6 Å². The Morgan fingerprint density at radius 1 is 0.365 bits per heavy atom. The van der Waals surface area contributed by atoms with Crippen LogP contribution in [0.2, 0.25) is 0 Å². The second kappa shape index (κ2) is 21.6. The summed E-state index contributed by atoms with van der Waals surface area (Å²) < 4.78 is 131. The molecule has 0 aromatic carbocycles. The van der Waals surface area contributed by atoms with E-state index in [1.165, 1.54) is 13.8 Å². The first-order chi connectivity index (χ1) is 39.8. The first-order valence-electron chi connectivity index (χ1n) is 31.8. The smallest absolute Gasteiger partial charge is 0.431 e. The summed E-state index contributed by atoms with van der Waals surface area (Å²) in [5, 5.41) is -5.99. The summed E-state index contributed by atoms with van der Waals surface area (Å²) in [4.78, 5) is 101. The molecule has 0 unspecified atom stereocenters. The van der Waals surface area contributed by atoms with E-state index in [-0.39, 0.29) is 0 Å². The summed E-state index contributed by atoms with van der Waals surface area (Å²) in [6.45, 7) is -2.36. The lowest BCUT2D eigenvalue weighted by Gasteiger charge is -2.55. The second-order valence-electron chi connectivity index (χ2n) is 31.5. The molecule has 16 aliphatic rings. The summed E-state index contributed by atoms with van der Waals surface area (Å²) in [5.41, 5.74) is -9.26. The first-order valence-corrected chi connectivity index (χ1v) is 33.2. The number of halogens is 4. The minimum Gasteiger partial charge on any atom is -0.465 e. The SMILES string of the molecule is CC(COC(=O)C(C)(COC(=O)C12CC3CC(CC(C3)C1)C2)COC(=O)C12CC3CC(CC(C3)C1)C2)(COC(=O)C(C)(COC(=O)C12CC3CC(CC(C3)C1)C2)COC(=O)C12CC3CC(CC(C3)C1)C2)C(=O)OCCC(F)(F)C(F)(F)S(=O)(=O)O. The molecule has 0 heterocycles. The molecule has 16 saturated carbocycles. The van der Waals surface area contributed by atoms with Gasteiger partial charge in [-0.2, -0.15) is 26.0 Å². The molecule has 0 aliphatic heterocycles. The Balaban J connectivity index is 0.783. The molecule has 16 rings (SSSR count). The molecule has 0 radical (unpaired) electrons. The molecule has 0 spiro atoms. The van der Waals surface area contributed by atoms with Gasteiger partial charge in [0.2, 0.25) is 0 Å². The lowest BCUT2D eigenvalue weighted by molar-refractivity contribution is -0.191. The summed E-state index contributed by atoms with van der Waals surface area (Å²) >= 11 is 0. The van der Waals surface area contributed by atoms with Gasteiger partial charge in [-0.05, 0) is 246 Å². The Bertz CT molecular complexity index is 2400. The topological polar surface area (TPSA) is 238 Å². The van der Waals surface area contributed by atoms with Gasteiger partial charge in [-0.25, -0.2) is 0 Å². The molecule has 85 heavy (non-hydrogen) atoms. The first kappa shape index (κ1) is 61.2. The van der Waals surface area contributed by atoms with Crippen molar-refractivity contribution in [3.05, 3.63) is 0 Å². The lowest BCUT2D eigenvalue weighted by atomic mass is 9.49. The van der Waals surface area contributed by atoms with Gasteiger partial charge in [-0.1, -0.05) is 0 Å². The average Bonchev–Trinajstić information content (AvgIpc) is 1.01. The van der Waals surface area contributed by atoms with Crippen molar-refractivity contribution in [1.82, 2.24) is 0 Å². The van der Waals surface area contributed by atoms with E-state index in [1.807, 2.05) is 0 Å². The van der Waals surface area contributed by atoms with E-state index in [0.717, 1.165) is 84.0 Å². The van der Waals surface area contributed by atoms with Crippen LogP contribution in [0.15, 0.2) is 0 Å². The molecular weight excluding hydrogens is 1140 g/mol. The molecule has 0 atom stereocenters. The fraction of sp³-hybridized carbons (Fsp3) is 0.889. The fourth-order valence-electron chi connectivity index (χ4n) is 21.0. The van der Waals surface area contributed by atoms with Crippen molar-refractivity contribution in [2.24, 2.45) is 109 Å². The number of hydrogen-bond acceptors (Lipinski definition) is 16. The van der Waals surface area contributed by atoms with E-state index >= 15 is 0 Å². The van der Waals surface area contributed by atoms with E-state index in [0.29, 0.717) is 148 Å². The molecule has 16 fully saturated rings. The van der Waals surface area contributed by atoms with Crippen LogP contribution in [0, 0.1) is 109 Å². The third-order valence-corrected chi connectivity index (χ3v) is 24.8. The maximum atomic E-state index is 14.8. The molecule has 474 valence electrons. The van der Waals surface area contributed by atoms with Crippen LogP contribution in [0.25, 0.3) is 0 Å². The zero-order valence-corrected chi connectivity index (χ0v) is 50.3. The van der Waals surface area contributed by atoms with Crippen LogP contribution in [-0.4, -0.2) is 112 Å². The van der Waals surface area contributed by atoms with Gasteiger partial charge in [0.25, 0.3) is 0 Å². The Labute approximate surface area is 495 Å². The third-order valence-electron chi connectivity index (χ3n) is 23.9. The van der Waals surface area contributed by atoms with Crippen molar-refractivity contribution in [2.75, 3.05) is 46.2 Å². The van der Waals surface area contributed by atoms with E-state index < -0.39 is 154 Å². The largest absolute Gasteiger partial charge is 0.465 e. The Morgan fingerprint density at radius 2 is 0.553 bits per heavy atom. The molecule has 0 aromatic heterocycles. The quantitative estimate of drug-likeness (QED) is 0.0409. The number of hydrogen-bond donors (Lipinski definition) is 1. The van der Waals surface area contributed by atoms with Crippen LogP contribution in [-0.2, 0) is 76.8 Å². The normalized spacial score (nSPS) is 39.9. The molecular formula is C63H86F4O17S. The summed E-state index contributed by atoms with van der Waals surface area (Å²) in [6.07, 6.45) is 18.1. The molecule has 16 aliphatic carbocycles. The standard InChI is InChI=1S/C63H86F4O17S/c1-55(48(68)78-5-4-62(64,65)63(66,67)85(75,76)77,30-79-49(69)56(2,32-81-51(71)58-18-36-6-37(19-58)8-38(7-36)20-58)33-82-52(72)59-21-39-9-40(22-59)11-41(10-39)23-59)31-80-50(70)57(3,34-83-53(73)60-24-42-12-43(25-60)14-44(13-42)26-60)35-84-54(74)61-27-45-15-46(28-61)17-47(16-45)29-61/h36-47H,4-35H2,1-3H3,(H,75,76,77). The van der Waals surface area contributed by atoms with Crippen LogP contribution >= 0.6 is 0 Å². The highest BCUT2D eigenvalue weighted by atomic mass is 32.2. The summed E-state index contributed by atoms with van der Waals surface area (Å²) in [6, 6.07) is 0. The molecule has 0 aromatic rings. The minimum absolute atomic E-state index is 0.370. The van der Waals surface area contributed by atoms with Crippen LogP contribution < -0.4 is 0 Å². The lowest BCUT2D eigenvalue weighted by Crippen LogP contribution is -2.53. The zero-order valence-electron chi connectivity index (χ0n) is 49.5. The van der Waals surface area contributed by atoms with Crippen molar-refractivity contribution in [3.63, 3.8) is 0 Å². The van der Waals surface area contributed by atoms with Crippen LogP contribution in [0.1, 0.15) is 181 Å². The number of carbonyl (C=O) groups excluding carboxylic acids is 7. The molecule has 1 N–H and O–H groups in total. The molecule has 16 bridgehead atoms. The van der Waals surface area contributed by atoms with Gasteiger partial charge in [0.15, 0.2) is 0 Å². The summed E-state index contributed by atoms with van der Waals surface area (Å²) in [7, 11) is -6.66. The number of alkyl halides is 4. The van der Waals surface area contributed by atoms with Crippen molar-refractivity contribution in [3.8, 4) is 0 Å². The predicted molar refractivity (Wildman–Crippen MR) is 290 cm³/mol. The number of carbonyl (C=O) groups is 7. The van der Waals surface area contributed by atoms with Crippen molar-refractivity contribution < 1.29 is 97.3 Å². The molecule has 22 heteroatoms. The van der Waals surface area contributed by atoms with Crippen LogP contribution in [0.5, 0.6) is 0 Å². The van der Waals surface area contributed by atoms with Crippen molar-refractivity contribution >= 4 is 51.9 Å². The van der Waals surface area contributed by atoms with Gasteiger partial charge in [0.1, 0.15) is 55.9 Å². The maximum Gasteiger partial charge on any atom is 0.431 e. The highest BCUT2D eigenvalue weighted by molar-refractivity contribution is 7.87. The predicted octanol–water partition coefficient (Wildman–Crippen LogP) is 10.2. The van der Waals surface area contributed by atoms with Crippen molar-refractivity contribution in [2.45, 2.75) is 192 Å². The van der Waals surface area contributed by atoms with E-state index in [2.05, 4.69) is 0 Å². The van der Waals surface area contributed by atoms with E-state index in [4.69, 9.17) is 37.7 Å². The Kier molecular flexibility index (Phi) is 15.5. The molecule has 0 saturated heterocycles. The Hall–Kier alpha value is -4.08. The number of esters is 7. The molecule has 0 amide bonds. The summed E-state index contributed by atoms with van der Waals surface area (Å²) in [5.74, 6) is -6.80. The van der Waals surface area contributed by atoms with Crippen LogP contribution in [0.3, 0.4) is 0 Å². The van der Waals surface area contributed by atoms with Gasteiger partial charge in [-0.15, -0.1) is 0 Å². The van der Waals surface area contributed by atoms with Gasteiger partial charge < -0.3 is 33.2 Å². The second-order valence-corrected chi connectivity index (χ2v) is 33.0. The monoisotopic (exact) mass is 1220 g/mol. The molecule has 17 nitrogen and oxygen atoms in total. The highest BCUT2D eigenvalue weighted by Crippen LogP contribution is 2.64. The third kappa shape index (κ3) is 11.3. The minimum atomic E-state index is -6.66. The van der Waals surface area contributed by atoms with E-state index in [9.17, 15) is 59.5 Å². The van der Waals surface area contributed by atoms with Gasteiger partial charge in [0, 0.05) is 0 Å². The highest BCUT2D eigenvalue weighted by Gasteiger charge is 2.66. The Morgan fingerprint density at radius 3 is 0.753 bits per heavy atom. The maximum absolute atomic E-state index is 14.8. The van der Waals surface area contributed by atoms with Crippen molar-refractivity contribution in [1.29, 1.82) is 0 Å². The van der Waals surface area contributed by atoms with Gasteiger partial charge in [-0.3, -0.25) is 38.1 Å². The zero-order chi connectivity index (χ0) is 60.5. The van der Waals surface area contributed by atoms with Gasteiger partial charge >= 0.3 is 63.1 Å². The average molecular weight is 1220 g/mol. The van der Waals surface area contributed by atoms with E-state index in [1.54, 1.807) is 0 Å². The van der Waals surface area contributed by atoms with Gasteiger partial charge in [0.05, 0.1) is 34.7 Å².